The second kappa shape index (κ2) is 11.3. The summed E-state index contributed by atoms with van der Waals surface area (Å²) in [7, 11) is 0. The SMILES string of the molecule is Cc1ccccc1CN(C(=O)CSCc1c(Cl)cccc1Cl)[C@@H](C)C(=O)NC(C)(C)C. The number of amides is 2. The van der Waals surface area contributed by atoms with Crippen LogP contribution in [0.5, 0.6) is 0 Å². The molecule has 4 nitrogen and oxygen atoms in total. The van der Waals surface area contributed by atoms with Gasteiger partial charge >= 0.3 is 0 Å². The van der Waals surface area contributed by atoms with Crippen LogP contribution in [-0.4, -0.2) is 34.0 Å². The number of nitrogens with zero attached hydrogens (tertiary/aromatic N) is 1. The summed E-state index contributed by atoms with van der Waals surface area (Å²) in [6, 6.07) is 12.7. The molecule has 2 rings (SSSR count). The van der Waals surface area contributed by atoms with E-state index < -0.39 is 6.04 Å². The number of benzene rings is 2. The number of aryl methyl sites for hydroxylation is 1. The molecule has 0 aromatic heterocycles. The largest absolute Gasteiger partial charge is 0.350 e. The van der Waals surface area contributed by atoms with Gasteiger partial charge in [0.15, 0.2) is 0 Å². The van der Waals surface area contributed by atoms with Crippen molar-refractivity contribution in [3.8, 4) is 0 Å². The predicted molar refractivity (Wildman–Crippen MR) is 132 cm³/mol. The van der Waals surface area contributed by atoms with Gasteiger partial charge in [-0.05, 0) is 63.4 Å². The lowest BCUT2D eigenvalue weighted by molar-refractivity contribution is -0.139. The minimum Gasteiger partial charge on any atom is -0.350 e. The first kappa shape index (κ1) is 25.6. The Morgan fingerprint density at radius 1 is 1.06 bits per heavy atom. The molecule has 1 atom stereocenters. The van der Waals surface area contributed by atoms with Gasteiger partial charge in [0, 0.05) is 27.9 Å². The van der Waals surface area contributed by atoms with Crippen molar-refractivity contribution in [3.63, 3.8) is 0 Å². The van der Waals surface area contributed by atoms with Gasteiger partial charge in [0.05, 0.1) is 5.75 Å². The van der Waals surface area contributed by atoms with E-state index in [2.05, 4.69) is 5.32 Å². The van der Waals surface area contributed by atoms with Crippen LogP contribution < -0.4 is 5.32 Å². The summed E-state index contributed by atoms with van der Waals surface area (Å²) in [4.78, 5) is 27.7. The summed E-state index contributed by atoms with van der Waals surface area (Å²) >= 11 is 13.9. The second-order valence-electron chi connectivity index (χ2n) is 8.56. The van der Waals surface area contributed by atoms with Crippen LogP contribution in [0.15, 0.2) is 42.5 Å². The Labute approximate surface area is 199 Å². The first-order valence-electron chi connectivity index (χ1n) is 10.2. The van der Waals surface area contributed by atoms with Crippen molar-refractivity contribution in [2.75, 3.05) is 5.75 Å². The van der Waals surface area contributed by atoms with Gasteiger partial charge in [0.25, 0.3) is 0 Å². The number of nitrogens with one attached hydrogen (secondary N) is 1. The van der Waals surface area contributed by atoms with Gasteiger partial charge in [-0.3, -0.25) is 9.59 Å². The first-order chi connectivity index (χ1) is 14.5. The predicted octanol–water partition coefficient (Wildman–Crippen LogP) is 5.87. The fourth-order valence-electron chi connectivity index (χ4n) is 3.02. The highest BCUT2D eigenvalue weighted by Gasteiger charge is 2.28. The van der Waals surface area contributed by atoms with E-state index in [1.165, 1.54) is 11.8 Å². The van der Waals surface area contributed by atoms with Crippen molar-refractivity contribution in [2.24, 2.45) is 0 Å². The zero-order valence-corrected chi connectivity index (χ0v) is 21.0. The standard InChI is InChI=1S/C24H30Cl2N2O2S/c1-16-9-6-7-10-18(16)13-28(17(2)23(30)27-24(3,4)5)22(29)15-31-14-19-20(25)11-8-12-21(19)26/h6-12,17H,13-15H2,1-5H3,(H,27,30)/t17-/m0/s1. The lowest BCUT2D eigenvalue weighted by Crippen LogP contribution is -2.52. The fourth-order valence-corrected chi connectivity index (χ4v) is 4.67. The molecule has 168 valence electrons. The third-order valence-electron chi connectivity index (χ3n) is 4.80. The van der Waals surface area contributed by atoms with Crippen LogP contribution in [0, 0.1) is 6.92 Å². The highest BCUT2D eigenvalue weighted by molar-refractivity contribution is 7.99. The van der Waals surface area contributed by atoms with E-state index in [0.717, 1.165) is 16.7 Å². The average Bonchev–Trinajstić information content (AvgIpc) is 2.67. The number of rotatable bonds is 8. The van der Waals surface area contributed by atoms with E-state index in [1.54, 1.807) is 30.0 Å². The molecule has 0 heterocycles. The van der Waals surface area contributed by atoms with Crippen LogP contribution in [0.3, 0.4) is 0 Å². The molecule has 0 aliphatic heterocycles. The minimum absolute atomic E-state index is 0.104. The number of hydrogen-bond acceptors (Lipinski definition) is 3. The molecule has 31 heavy (non-hydrogen) atoms. The lowest BCUT2D eigenvalue weighted by atomic mass is 10.1. The molecule has 0 bridgehead atoms. The molecule has 7 heteroatoms. The number of halogens is 2. The van der Waals surface area contributed by atoms with Gasteiger partial charge in [-0.1, -0.05) is 53.5 Å². The summed E-state index contributed by atoms with van der Waals surface area (Å²) < 4.78 is 0. The van der Waals surface area contributed by atoms with Gasteiger partial charge in [-0.2, -0.15) is 0 Å². The Balaban J connectivity index is 2.15. The second-order valence-corrected chi connectivity index (χ2v) is 10.4. The minimum atomic E-state index is -0.601. The summed E-state index contributed by atoms with van der Waals surface area (Å²) in [5.41, 5.74) is 2.54. The van der Waals surface area contributed by atoms with Crippen molar-refractivity contribution in [1.82, 2.24) is 10.2 Å². The third kappa shape index (κ3) is 7.74. The summed E-state index contributed by atoms with van der Waals surface area (Å²) in [6.45, 7) is 9.92. The lowest BCUT2D eigenvalue weighted by Gasteiger charge is -2.31. The molecule has 0 fully saturated rings. The van der Waals surface area contributed by atoms with Gasteiger partial charge in [0.1, 0.15) is 6.04 Å². The average molecular weight is 481 g/mol. The fraction of sp³-hybridized carbons (Fsp3) is 0.417. The van der Waals surface area contributed by atoms with Crippen LogP contribution in [0.1, 0.15) is 44.4 Å². The molecular formula is C24H30Cl2N2O2S. The summed E-state index contributed by atoms with van der Waals surface area (Å²) in [6.07, 6.45) is 0. The molecule has 2 amide bonds. The zero-order chi connectivity index (χ0) is 23.2. The molecular weight excluding hydrogens is 451 g/mol. The summed E-state index contributed by atoms with van der Waals surface area (Å²) in [5, 5.41) is 4.15. The van der Waals surface area contributed by atoms with E-state index in [-0.39, 0.29) is 23.1 Å². The Hall–Kier alpha value is -1.69. The van der Waals surface area contributed by atoms with Crippen LogP contribution in [0.4, 0.5) is 0 Å². The molecule has 2 aromatic carbocycles. The van der Waals surface area contributed by atoms with Gasteiger partial charge in [-0.15, -0.1) is 11.8 Å². The van der Waals surface area contributed by atoms with Crippen LogP contribution in [0.2, 0.25) is 10.0 Å². The first-order valence-corrected chi connectivity index (χ1v) is 12.1. The monoisotopic (exact) mass is 480 g/mol. The topological polar surface area (TPSA) is 49.4 Å². The van der Waals surface area contributed by atoms with Crippen molar-refractivity contribution in [3.05, 3.63) is 69.2 Å². The molecule has 0 radical (unpaired) electrons. The van der Waals surface area contributed by atoms with Crippen LogP contribution >= 0.6 is 35.0 Å². The van der Waals surface area contributed by atoms with Crippen molar-refractivity contribution in [1.29, 1.82) is 0 Å². The Morgan fingerprint density at radius 3 is 2.26 bits per heavy atom. The van der Waals surface area contributed by atoms with E-state index in [1.807, 2.05) is 52.0 Å². The molecule has 0 spiro atoms. The molecule has 1 N–H and O–H groups in total. The van der Waals surface area contributed by atoms with Crippen molar-refractivity contribution in [2.45, 2.75) is 58.5 Å². The maximum atomic E-state index is 13.2. The van der Waals surface area contributed by atoms with Gasteiger partial charge in [-0.25, -0.2) is 0 Å². The Kier molecular flexibility index (Phi) is 9.28. The number of hydrogen-bond donors (Lipinski definition) is 1. The van der Waals surface area contributed by atoms with Crippen molar-refractivity contribution >= 4 is 46.8 Å². The molecule has 0 aliphatic carbocycles. The van der Waals surface area contributed by atoms with Crippen LogP contribution in [-0.2, 0) is 21.9 Å². The Bertz CT molecular complexity index is 908. The van der Waals surface area contributed by atoms with E-state index in [9.17, 15) is 9.59 Å². The molecule has 2 aromatic rings. The maximum Gasteiger partial charge on any atom is 0.242 e. The molecule has 0 unspecified atom stereocenters. The number of thioether (sulfide) groups is 1. The smallest absolute Gasteiger partial charge is 0.242 e. The zero-order valence-electron chi connectivity index (χ0n) is 18.7. The van der Waals surface area contributed by atoms with Crippen LogP contribution in [0.25, 0.3) is 0 Å². The number of carbonyl (C=O) groups excluding carboxylic acids is 2. The third-order valence-corrected chi connectivity index (χ3v) is 6.45. The summed E-state index contributed by atoms with van der Waals surface area (Å²) in [5.74, 6) is 0.465. The normalized spacial score (nSPS) is 12.4. The van der Waals surface area contributed by atoms with Crippen molar-refractivity contribution < 1.29 is 9.59 Å². The molecule has 0 saturated heterocycles. The number of carbonyl (C=O) groups is 2. The van der Waals surface area contributed by atoms with E-state index >= 15 is 0 Å². The van der Waals surface area contributed by atoms with E-state index in [4.69, 9.17) is 23.2 Å². The van der Waals surface area contributed by atoms with E-state index in [0.29, 0.717) is 22.3 Å². The molecule has 0 aliphatic rings. The maximum absolute atomic E-state index is 13.2. The van der Waals surface area contributed by atoms with Gasteiger partial charge < -0.3 is 10.2 Å². The Morgan fingerprint density at radius 2 is 1.68 bits per heavy atom. The quantitative estimate of drug-likeness (QED) is 0.513. The van der Waals surface area contributed by atoms with Gasteiger partial charge in [0.2, 0.25) is 11.8 Å². The molecule has 0 saturated carbocycles. The highest BCUT2D eigenvalue weighted by atomic mass is 35.5. The highest BCUT2D eigenvalue weighted by Crippen LogP contribution is 2.28.